The smallest absolute Gasteiger partial charge is 0.338 e. The second kappa shape index (κ2) is 7.55. The zero-order valence-electron chi connectivity index (χ0n) is 10.1. The highest BCUT2D eigenvalue weighted by Crippen LogP contribution is 2.09. The van der Waals surface area contributed by atoms with Crippen LogP contribution in [0.4, 0.5) is 0 Å². The van der Waals surface area contributed by atoms with Crippen LogP contribution in [-0.4, -0.2) is 25.8 Å². The largest absolute Gasteiger partial charge is 0.478 e. The van der Waals surface area contributed by atoms with Crippen LogP contribution >= 0.6 is 11.6 Å². The third kappa shape index (κ3) is 4.63. The monoisotopic (exact) mass is 269 g/mol. The molecule has 2 rings (SSSR count). The number of H-pyrrole nitrogens is 1. The van der Waals surface area contributed by atoms with Gasteiger partial charge in [0, 0.05) is 18.9 Å². The number of unbranched alkanes of at least 4 members (excludes halogenated alkanes) is 1. The summed E-state index contributed by atoms with van der Waals surface area (Å²) in [5.74, 6) is -0.959. The predicted molar refractivity (Wildman–Crippen MR) is 69.9 cm³/mol. The molecule has 2 heterocycles. The summed E-state index contributed by atoms with van der Waals surface area (Å²) < 4.78 is 2.06. The van der Waals surface area contributed by atoms with Crippen molar-refractivity contribution in [3.8, 4) is 0 Å². The van der Waals surface area contributed by atoms with Gasteiger partial charge in [-0.05, 0) is 18.6 Å². The van der Waals surface area contributed by atoms with Crippen molar-refractivity contribution < 1.29 is 9.90 Å². The molecule has 2 aromatic heterocycles. The normalized spacial score (nSPS) is 9.67. The summed E-state index contributed by atoms with van der Waals surface area (Å²) in [7, 11) is 0. The van der Waals surface area contributed by atoms with Crippen LogP contribution in [0.5, 0.6) is 0 Å². The molecular formula is C12H16ClN3O2. The molecule has 0 aromatic carbocycles. The van der Waals surface area contributed by atoms with Gasteiger partial charge >= 0.3 is 5.97 Å². The molecule has 2 aromatic rings. The highest BCUT2D eigenvalue weighted by atomic mass is 35.5. The van der Waals surface area contributed by atoms with Gasteiger partial charge in [0.25, 0.3) is 0 Å². The minimum absolute atomic E-state index is 0.185. The van der Waals surface area contributed by atoms with E-state index in [-0.39, 0.29) is 5.56 Å². The molecule has 0 aliphatic rings. The number of carbonyl (C=O) groups is 1. The van der Waals surface area contributed by atoms with E-state index in [2.05, 4.69) is 21.7 Å². The fraction of sp³-hybridized carbons (Fsp3) is 0.333. The number of aromatic nitrogens is 3. The van der Waals surface area contributed by atoms with E-state index in [0.717, 1.165) is 11.7 Å². The Balaban J connectivity index is 0.000000184. The van der Waals surface area contributed by atoms with Crippen LogP contribution in [0.3, 0.4) is 0 Å². The lowest BCUT2D eigenvalue weighted by atomic mass is 10.3. The van der Waals surface area contributed by atoms with Gasteiger partial charge in [-0.3, -0.25) is 5.10 Å². The Hall–Kier alpha value is -1.75. The standard InChI is InChI=1S/C8H12ClN.C4H4N2O2/c1-2-3-6-10-7-4-5-8(10)9;7-4(8)3-1-5-6-2-3/h4-5,7H,2-3,6H2,1H3;1-2H,(H,5,6)(H,7,8). The van der Waals surface area contributed by atoms with Crippen molar-refractivity contribution in [2.75, 3.05) is 0 Å². The number of rotatable bonds is 4. The quantitative estimate of drug-likeness (QED) is 0.896. The van der Waals surface area contributed by atoms with Crippen LogP contribution in [0.15, 0.2) is 30.7 Å². The van der Waals surface area contributed by atoms with Crippen molar-refractivity contribution in [1.82, 2.24) is 14.8 Å². The van der Waals surface area contributed by atoms with E-state index >= 15 is 0 Å². The zero-order chi connectivity index (χ0) is 13.4. The second-order valence-electron chi connectivity index (χ2n) is 3.67. The summed E-state index contributed by atoms with van der Waals surface area (Å²) in [5, 5.41) is 14.9. The predicted octanol–water partition coefficient (Wildman–Crippen LogP) is 3.05. The van der Waals surface area contributed by atoms with Gasteiger partial charge in [0.1, 0.15) is 5.15 Å². The van der Waals surface area contributed by atoms with Gasteiger partial charge in [-0.1, -0.05) is 24.9 Å². The second-order valence-corrected chi connectivity index (χ2v) is 4.06. The molecule has 0 radical (unpaired) electrons. The Bertz CT molecular complexity index is 465. The average Bonchev–Trinajstić information content (AvgIpc) is 2.98. The molecule has 0 unspecified atom stereocenters. The van der Waals surface area contributed by atoms with Crippen molar-refractivity contribution in [3.63, 3.8) is 0 Å². The number of carboxylic acids is 1. The molecule has 0 amide bonds. The lowest BCUT2D eigenvalue weighted by molar-refractivity contribution is 0.0697. The number of carboxylic acid groups (broad SMARTS) is 1. The molecule has 0 aliphatic carbocycles. The van der Waals surface area contributed by atoms with Gasteiger partial charge in [-0.25, -0.2) is 4.79 Å². The molecule has 2 N–H and O–H groups in total. The van der Waals surface area contributed by atoms with Crippen molar-refractivity contribution in [3.05, 3.63) is 41.4 Å². The molecule has 0 saturated heterocycles. The van der Waals surface area contributed by atoms with Crippen LogP contribution in [0.25, 0.3) is 0 Å². The lowest BCUT2D eigenvalue weighted by Crippen LogP contribution is -1.94. The fourth-order valence-corrected chi connectivity index (χ4v) is 1.48. The van der Waals surface area contributed by atoms with Crippen LogP contribution in [-0.2, 0) is 6.54 Å². The SMILES string of the molecule is CCCCn1cccc1Cl.O=C(O)c1cn[nH]c1. The number of hydrogen-bond acceptors (Lipinski definition) is 2. The Morgan fingerprint density at radius 3 is 2.78 bits per heavy atom. The Labute approximate surface area is 110 Å². The fourth-order valence-electron chi connectivity index (χ4n) is 1.27. The Morgan fingerprint density at radius 2 is 2.39 bits per heavy atom. The zero-order valence-corrected chi connectivity index (χ0v) is 10.9. The Morgan fingerprint density at radius 1 is 1.61 bits per heavy atom. The molecule has 0 saturated carbocycles. The number of nitrogens with one attached hydrogen (secondary N) is 1. The first-order valence-corrected chi connectivity index (χ1v) is 6.05. The molecule has 0 fully saturated rings. The highest BCUT2D eigenvalue weighted by molar-refractivity contribution is 6.29. The highest BCUT2D eigenvalue weighted by Gasteiger charge is 1.99. The molecule has 0 bridgehead atoms. The van der Waals surface area contributed by atoms with Crippen molar-refractivity contribution in [1.29, 1.82) is 0 Å². The van der Waals surface area contributed by atoms with E-state index in [1.165, 1.54) is 25.2 Å². The number of halogens is 1. The van der Waals surface area contributed by atoms with Gasteiger partial charge in [0.05, 0.1) is 11.8 Å². The lowest BCUT2D eigenvalue weighted by Gasteiger charge is -2.01. The van der Waals surface area contributed by atoms with Gasteiger partial charge in [0.2, 0.25) is 0 Å². The van der Waals surface area contributed by atoms with E-state index in [0.29, 0.717) is 0 Å². The maximum atomic E-state index is 10.0. The number of aryl methyl sites for hydroxylation is 1. The van der Waals surface area contributed by atoms with Crippen molar-refractivity contribution in [2.24, 2.45) is 0 Å². The van der Waals surface area contributed by atoms with Gasteiger partial charge in [0.15, 0.2) is 0 Å². The van der Waals surface area contributed by atoms with Crippen LogP contribution in [0, 0.1) is 0 Å². The number of aromatic amines is 1. The van der Waals surface area contributed by atoms with Crippen molar-refractivity contribution in [2.45, 2.75) is 26.3 Å². The summed E-state index contributed by atoms with van der Waals surface area (Å²) in [6, 6.07) is 3.88. The van der Waals surface area contributed by atoms with E-state index in [9.17, 15) is 4.79 Å². The number of hydrogen-bond donors (Lipinski definition) is 2. The number of aromatic carboxylic acids is 1. The minimum Gasteiger partial charge on any atom is -0.478 e. The maximum Gasteiger partial charge on any atom is 0.338 e. The van der Waals surface area contributed by atoms with Gasteiger partial charge < -0.3 is 9.67 Å². The summed E-state index contributed by atoms with van der Waals surface area (Å²) >= 11 is 5.84. The summed E-state index contributed by atoms with van der Waals surface area (Å²) in [4.78, 5) is 10.0. The first kappa shape index (κ1) is 14.3. The Kier molecular flexibility index (Phi) is 6.00. The molecule has 6 heteroatoms. The first-order valence-electron chi connectivity index (χ1n) is 5.68. The first-order chi connectivity index (χ1) is 8.65. The van der Waals surface area contributed by atoms with E-state index in [1.54, 1.807) is 0 Å². The molecule has 0 spiro atoms. The third-order valence-corrected chi connectivity index (χ3v) is 2.61. The number of nitrogens with zero attached hydrogens (tertiary/aromatic N) is 2. The van der Waals surface area contributed by atoms with Crippen molar-refractivity contribution >= 4 is 17.6 Å². The van der Waals surface area contributed by atoms with Crippen LogP contribution in [0.1, 0.15) is 30.1 Å². The van der Waals surface area contributed by atoms with Crippen LogP contribution in [0.2, 0.25) is 5.15 Å². The molecule has 18 heavy (non-hydrogen) atoms. The van der Waals surface area contributed by atoms with Gasteiger partial charge in [-0.2, -0.15) is 5.10 Å². The summed E-state index contributed by atoms with van der Waals surface area (Å²) in [5.41, 5.74) is 0.185. The van der Waals surface area contributed by atoms with E-state index in [1.807, 2.05) is 18.3 Å². The third-order valence-electron chi connectivity index (χ3n) is 2.27. The summed E-state index contributed by atoms with van der Waals surface area (Å²) in [6.45, 7) is 3.22. The van der Waals surface area contributed by atoms with E-state index < -0.39 is 5.97 Å². The minimum atomic E-state index is -0.959. The van der Waals surface area contributed by atoms with Gasteiger partial charge in [-0.15, -0.1) is 0 Å². The molecule has 5 nitrogen and oxygen atoms in total. The van der Waals surface area contributed by atoms with Crippen LogP contribution < -0.4 is 0 Å². The average molecular weight is 270 g/mol. The molecule has 98 valence electrons. The molecule has 0 aliphatic heterocycles. The molecular weight excluding hydrogens is 254 g/mol. The summed E-state index contributed by atoms with van der Waals surface area (Å²) in [6.07, 6.45) is 7.01. The van der Waals surface area contributed by atoms with E-state index in [4.69, 9.17) is 16.7 Å². The maximum absolute atomic E-state index is 10.0. The molecule has 0 atom stereocenters. The topological polar surface area (TPSA) is 70.9 Å².